The van der Waals surface area contributed by atoms with E-state index in [-0.39, 0.29) is 66.6 Å². The summed E-state index contributed by atoms with van der Waals surface area (Å²) in [6, 6.07) is 0. The zero-order chi connectivity index (χ0) is 18.8. The van der Waals surface area contributed by atoms with Crippen molar-refractivity contribution in [2.75, 3.05) is 0 Å². The molecule has 0 spiro atoms. The number of halogens is 5. The molecule has 5 nitrogen and oxygen atoms in total. The molecule has 0 aromatic carbocycles. The smallest absolute Gasteiger partial charge is 0.743 e. The third-order valence-electron chi connectivity index (χ3n) is 5.63. The number of carbonyl (C=O) groups excluding carboxylic acids is 1. The molecule has 0 aromatic heterocycles. The maximum absolute atomic E-state index is 13.5. The van der Waals surface area contributed by atoms with Crippen molar-refractivity contribution in [3.8, 4) is 0 Å². The van der Waals surface area contributed by atoms with E-state index in [1.165, 1.54) is 0 Å². The molecule has 26 heavy (non-hydrogen) atoms. The molecule has 0 saturated heterocycles. The predicted molar refractivity (Wildman–Crippen MR) is 71.2 cm³/mol. The van der Waals surface area contributed by atoms with Gasteiger partial charge in [0.2, 0.25) is 0 Å². The summed E-state index contributed by atoms with van der Waals surface area (Å²) in [5.41, 5.74) is -1.29. The summed E-state index contributed by atoms with van der Waals surface area (Å²) in [5.74, 6) is -1.08. The average molecular weight is 414 g/mol. The van der Waals surface area contributed by atoms with Crippen LogP contribution in [-0.2, 0) is 19.6 Å². The van der Waals surface area contributed by atoms with E-state index >= 15 is 0 Å². The molecule has 12 heteroatoms. The molecule has 0 radical (unpaired) electrons. The predicted octanol–water partition coefficient (Wildman–Crippen LogP) is -0.181. The van der Waals surface area contributed by atoms with Gasteiger partial charge in [-0.2, -0.15) is 22.0 Å². The Balaban J connectivity index is 0.00000243. The molecule has 0 heterocycles. The van der Waals surface area contributed by atoms with Gasteiger partial charge < -0.3 is 9.29 Å². The molecule has 4 bridgehead atoms. The second-order valence-corrected chi connectivity index (χ2v) is 8.99. The van der Waals surface area contributed by atoms with Crippen LogP contribution in [0.3, 0.4) is 0 Å². The number of carbonyl (C=O) groups is 1. The number of hydrogen-bond acceptors (Lipinski definition) is 5. The number of rotatable bonds is 4. The van der Waals surface area contributed by atoms with Crippen LogP contribution in [0.4, 0.5) is 22.0 Å². The van der Waals surface area contributed by atoms with Crippen LogP contribution in [0.25, 0.3) is 0 Å². The zero-order valence-corrected chi connectivity index (χ0v) is 16.7. The molecular weight excluding hydrogens is 398 g/mol. The molecule has 4 aliphatic rings. The second-order valence-electron chi connectivity index (χ2n) is 7.54. The molecule has 0 amide bonds. The summed E-state index contributed by atoms with van der Waals surface area (Å²) in [5, 5.41) is -5.79. The van der Waals surface area contributed by atoms with Gasteiger partial charge in [-0.05, 0) is 56.3 Å². The van der Waals surface area contributed by atoms with E-state index < -0.39 is 39.0 Å². The third-order valence-corrected chi connectivity index (χ3v) is 6.51. The maximum atomic E-state index is 13.5. The van der Waals surface area contributed by atoms with E-state index in [1.54, 1.807) is 0 Å². The van der Waals surface area contributed by atoms with E-state index in [9.17, 15) is 39.7 Å². The number of esters is 1. The molecule has 0 aliphatic heterocycles. The Morgan fingerprint density at radius 2 is 1.38 bits per heavy atom. The molecule has 4 fully saturated rings. The minimum Gasteiger partial charge on any atom is -0.743 e. The van der Waals surface area contributed by atoms with Gasteiger partial charge >= 0.3 is 47.0 Å². The van der Waals surface area contributed by atoms with Crippen molar-refractivity contribution in [2.45, 2.75) is 56.1 Å². The summed E-state index contributed by atoms with van der Waals surface area (Å²) in [6.45, 7) is 0. The minimum absolute atomic E-state index is 0. The summed E-state index contributed by atoms with van der Waals surface area (Å²) >= 11 is 0. The molecule has 0 aromatic rings. The topological polar surface area (TPSA) is 83.5 Å². The first kappa shape index (κ1) is 22.3. The molecule has 4 saturated carbocycles. The van der Waals surface area contributed by atoms with Gasteiger partial charge in [-0.1, -0.05) is 0 Å². The van der Waals surface area contributed by atoms with E-state index in [4.69, 9.17) is 0 Å². The van der Waals surface area contributed by atoms with Gasteiger partial charge in [-0.3, -0.25) is 4.79 Å². The van der Waals surface area contributed by atoms with Gasteiger partial charge in [0.25, 0.3) is 6.10 Å². The molecule has 4 aliphatic carbocycles. The third kappa shape index (κ3) is 3.78. The van der Waals surface area contributed by atoms with Gasteiger partial charge in [-0.15, -0.1) is 0 Å². The largest absolute Gasteiger partial charge is 1.00 e. The van der Waals surface area contributed by atoms with Crippen LogP contribution in [0.5, 0.6) is 0 Å². The summed E-state index contributed by atoms with van der Waals surface area (Å²) in [7, 11) is -6.67. The molecule has 1 unspecified atom stereocenters. The van der Waals surface area contributed by atoms with E-state index in [0.717, 1.165) is 19.3 Å². The first-order chi connectivity index (χ1) is 11.2. The Bertz CT molecular complexity index is 642. The van der Waals surface area contributed by atoms with Crippen molar-refractivity contribution in [2.24, 2.45) is 23.2 Å². The fourth-order valence-corrected chi connectivity index (χ4v) is 5.49. The van der Waals surface area contributed by atoms with Crippen molar-refractivity contribution in [1.29, 1.82) is 0 Å². The zero-order valence-electron chi connectivity index (χ0n) is 13.9. The summed E-state index contributed by atoms with van der Waals surface area (Å²) in [4.78, 5) is 12.4. The quantitative estimate of drug-likeness (QED) is 0.276. The SMILES string of the molecule is O=C(OC(C(F)(F)F)C(F)(F)S(=O)(=O)[O-])C12CC3CC(CC(C3)C1)C2.[Na+]. The van der Waals surface area contributed by atoms with Crippen LogP contribution in [0.2, 0.25) is 0 Å². The van der Waals surface area contributed by atoms with E-state index in [0.29, 0.717) is 0 Å². The Hall–Kier alpha value is 0.0300. The van der Waals surface area contributed by atoms with E-state index in [1.807, 2.05) is 0 Å². The summed E-state index contributed by atoms with van der Waals surface area (Å²) in [6.07, 6.45) is -6.91. The summed E-state index contributed by atoms with van der Waals surface area (Å²) < 4.78 is 102. The Kier molecular flexibility index (Phi) is 5.86. The van der Waals surface area contributed by atoms with Gasteiger partial charge in [0.15, 0.2) is 10.1 Å². The van der Waals surface area contributed by atoms with Crippen molar-refractivity contribution in [1.82, 2.24) is 0 Å². The minimum atomic E-state index is -6.67. The molecule has 4 rings (SSSR count). The number of ether oxygens (including phenoxy) is 1. The fourth-order valence-electron chi connectivity index (χ4n) is 5.05. The first-order valence-corrected chi connectivity index (χ1v) is 9.26. The van der Waals surface area contributed by atoms with E-state index in [2.05, 4.69) is 4.74 Å². The standard InChI is InChI=1S/C14H17F5O5S.Na/c15-13(16,17)10(14(18,19)25(21,22)23)24-11(20)12-4-7-1-8(5-12)3-9(2-7)6-12;/h7-10H,1-6H2,(H,21,22,23);/q;+1/p-1. The van der Waals surface area contributed by atoms with Crippen molar-refractivity contribution < 1.29 is 74.0 Å². The number of alkyl halides is 5. The van der Waals surface area contributed by atoms with Crippen molar-refractivity contribution in [3.05, 3.63) is 0 Å². The average Bonchev–Trinajstić information content (AvgIpc) is 2.40. The van der Waals surface area contributed by atoms with Crippen LogP contribution >= 0.6 is 0 Å². The van der Waals surface area contributed by atoms with Crippen LogP contribution in [0.15, 0.2) is 0 Å². The molecular formula is C14H16F5NaO5S. The fraction of sp³-hybridized carbons (Fsp3) is 0.929. The van der Waals surface area contributed by atoms with Crippen LogP contribution in [0, 0.1) is 23.2 Å². The van der Waals surface area contributed by atoms with Gasteiger partial charge in [-0.25, -0.2) is 8.42 Å². The van der Waals surface area contributed by atoms with Crippen LogP contribution in [-0.4, -0.2) is 36.5 Å². The molecule has 144 valence electrons. The Morgan fingerprint density at radius 1 is 1.00 bits per heavy atom. The second kappa shape index (κ2) is 6.82. The number of hydrogen-bond donors (Lipinski definition) is 0. The normalized spacial score (nSPS) is 34.9. The monoisotopic (exact) mass is 414 g/mol. The Morgan fingerprint density at radius 3 is 1.69 bits per heavy atom. The van der Waals surface area contributed by atoms with Crippen molar-refractivity contribution >= 4 is 16.1 Å². The van der Waals surface area contributed by atoms with Gasteiger partial charge in [0.05, 0.1) is 5.41 Å². The Labute approximate surface area is 169 Å². The first-order valence-electron chi connectivity index (χ1n) is 7.86. The maximum Gasteiger partial charge on any atom is 1.00 e. The molecule has 1 atom stereocenters. The van der Waals surface area contributed by atoms with Crippen molar-refractivity contribution in [3.63, 3.8) is 0 Å². The van der Waals surface area contributed by atoms with Crippen LogP contribution < -0.4 is 29.6 Å². The molecule has 0 N–H and O–H groups in total. The van der Waals surface area contributed by atoms with Crippen LogP contribution in [0.1, 0.15) is 38.5 Å². The van der Waals surface area contributed by atoms with Gasteiger partial charge in [0.1, 0.15) is 0 Å². The van der Waals surface area contributed by atoms with Gasteiger partial charge in [0, 0.05) is 0 Å².